The molecule has 3 nitrogen and oxygen atoms in total. The average Bonchev–Trinajstić information content (AvgIpc) is 2.26. The molecule has 0 atom stereocenters. The van der Waals surface area contributed by atoms with Crippen LogP contribution in [0, 0.1) is 0 Å². The molecule has 0 aliphatic carbocycles. The molecule has 1 aromatic heterocycles. The van der Waals surface area contributed by atoms with Gasteiger partial charge in [0.05, 0.1) is 0 Å². The smallest absolute Gasteiger partial charge is 0.156 e. The van der Waals surface area contributed by atoms with Gasteiger partial charge in [-0.2, -0.15) is 0 Å². The van der Waals surface area contributed by atoms with E-state index in [2.05, 4.69) is 4.98 Å². The van der Waals surface area contributed by atoms with Gasteiger partial charge in [0.2, 0.25) is 0 Å². The van der Waals surface area contributed by atoms with Crippen LogP contribution in [0.15, 0.2) is 24.5 Å². The van der Waals surface area contributed by atoms with Crippen molar-refractivity contribution >= 4 is 0 Å². The highest BCUT2D eigenvalue weighted by Crippen LogP contribution is 2.07. The highest BCUT2D eigenvalue weighted by Gasteiger charge is 2.03. The minimum atomic E-state index is -0.0724. The Morgan fingerprint density at radius 1 is 1.21 bits per heavy atom. The lowest BCUT2D eigenvalue weighted by Gasteiger charge is -2.12. The first-order chi connectivity index (χ1) is 6.86. The van der Waals surface area contributed by atoms with E-state index in [0.717, 1.165) is 19.3 Å². The van der Waals surface area contributed by atoms with Crippen LogP contribution in [0.4, 0.5) is 0 Å². The van der Waals surface area contributed by atoms with E-state index in [1.54, 1.807) is 14.2 Å². The third-order valence-corrected chi connectivity index (χ3v) is 2.18. The van der Waals surface area contributed by atoms with Crippen molar-refractivity contribution in [3.05, 3.63) is 30.1 Å². The number of rotatable bonds is 6. The quantitative estimate of drug-likeness (QED) is 0.651. The van der Waals surface area contributed by atoms with E-state index in [-0.39, 0.29) is 6.29 Å². The predicted molar refractivity (Wildman–Crippen MR) is 55.0 cm³/mol. The van der Waals surface area contributed by atoms with E-state index in [4.69, 9.17) is 9.47 Å². The number of ether oxygens (including phenoxy) is 2. The van der Waals surface area contributed by atoms with Crippen molar-refractivity contribution in [2.24, 2.45) is 0 Å². The summed E-state index contributed by atoms with van der Waals surface area (Å²) in [7, 11) is 3.33. The van der Waals surface area contributed by atoms with Crippen LogP contribution < -0.4 is 0 Å². The van der Waals surface area contributed by atoms with Gasteiger partial charge in [0.15, 0.2) is 6.29 Å². The third kappa shape index (κ3) is 3.85. The third-order valence-electron chi connectivity index (χ3n) is 2.18. The standard InChI is InChI=1S/C11H17NO2/c1-13-11(14-2)5-3-4-10-6-8-12-9-7-10/h6-9,11H,3-5H2,1-2H3. The Labute approximate surface area is 85.1 Å². The summed E-state index contributed by atoms with van der Waals surface area (Å²) in [5, 5.41) is 0. The predicted octanol–water partition coefficient (Wildman–Crippen LogP) is 2.02. The number of aryl methyl sites for hydroxylation is 1. The van der Waals surface area contributed by atoms with Crippen molar-refractivity contribution < 1.29 is 9.47 Å². The van der Waals surface area contributed by atoms with E-state index in [1.807, 2.05) is 24.5 Å². The summed E-state index contributed by atoms with van der Waals surface area (Å²) in [4.78, 5) is 3.97. The Kier molecular flexibility index (Phi) is 5.19. The Morgan fingerprint density at radius 3 is 2.43 bits per heavy atom. The van der Waals surface area contributed by atoms with Crippen molar-refractivity contribution in [2.75, 3.05) is 14.2 Å². The summed E-state index contributed by atoms with van der Waals surface area (Å²) >= 11 is 0. The maximum atomic E-state index is 5.10. The summed E-state index contributed by atoms with van der Waals surface area (Å²) in [6.45, 7) is 0. The summed E-state index contributed by atoms with van der Waals surface area (Å²) < 4.78 is 10.2. The van der Waals surface area contributed by atoms with Crippen molar-refractivity contribution in [1.82, 2.24) is 4.98 Å². The highest BCUT2D eigenvalue weighted by atomic mass is 16.7. The van der Waals surface area contributed by atoms with Crippen LogP contribution in [0.1, 0.15) is 18.4 Å². The molecule has 0 fully saturated rings. The molecular formula is C11H17NO2. The lowest BCUT2D eigenvalue weighted by molar-refractivity contribution is -0.106. The molecule has 0 radical (unpaired) electrons. The van der Waals surface area contributed by atoms with Crippen LogP contribution in [0.5, 0.6) is 0 Å². The zero-order chi connectivity index (χ0) is 10.2. The van der Waals surface area contributed by atoms with Gasteiger partial charge in [0, 0.05) is 26.6 Å². The number of nitrogens with zero attached hydrogens (tertiary/aromatic N) is 1. The number of hydrogen-bond acceptors (Lipinski definition) is 3. The molecule has 0 N–H and O–H groups in total. The molecule has 0 amide bonds. The summed E-state index contributed by atoms with van der Waals surface area (Å²) in [6, 6.07) is 4.07. The number of pyridine rings is 1. The molecule has 0 aromatic carbocycles. The summed E-state index contributed by atoms with van der Waals surface area (Å²) in [5.41, 5.74) is 1.31. The zero-order valence-electron chi connectivity index (χ0n) is 8.77. The van der Waals surface area contributed by atoms with E-state index in [0.29, 0.717) is 0 Å². The molecular weight excluding hydrogens is 178 g/mol. The number of methoxy groups -OCH3 is 2. The second-order valence-corrected chi connectivity index (χ2v) is 3.15. The SMILES string of the molecule is COC(CCCc1ccncc1)OC. The molecule has 0 unspecified atom stereocenters. The van der Waals surface area contributed by atoms with Crippen molar-refractivity contribution in [3.8, 4) is 0 Å². The molecule has 3 heteroatoms. The van der Waals surface area contributed by atoms with Gasteiger partial charge in [-0.25, -0.2) is 0 Å². The van der Waals surface area contributed by atoms with Gasteiger partial charge in [0.1, 0.15) is 0 Å². The Bertz CT molecular complexity index is 234. The van der Waals surface area contributed by atoms with Gasteiger partial charge in [-0.3, -0.25) is 4.98 Å². The fraction of sp³-hybridized carbons (Fsp3) is 0.545. The van der Waals surface area contributed by atoms with Crippen molar-refractivity contribution in [2.45, 2.75) is 25.6 Å². The van der Waals surface area contributed by atoms with Crippen LogP contribution in [0.2, 0.25) is 0 Å². The highest BCUT2D eigenvalue weighted by molar-refractivity contribution is 5.09. The van der Waals surface area contributed by atoms with Crippen molar-refractivity contribution in [1.29, 1.82) is 0 Å². The molecule has 0 saturated carbocycles. The molecule has 1 rings (SSSR count). The van der Waals surface area contributed by atoms with Gasteiger partial charge in [-0.15, -0.1) is 0 Å². The van der Waals surface area contributed by atoms with E-state index >= 15 is 0 Å². The lowest BCUT2D eigenvalue weighted by Crippen LogP contribution is -2.12. The zero-order valence-corrected chi connectivity index (χ0v) is 8.77. The Hall–Kier alpha value is -0.930. The van der Waals surface area contributed by atoms with Crippen LogP contribution >= 0.6 is 0 Å². The first-order valence-corrected chi connectivity index (χ1v) is 4.81. The number of hydrogen-bond donors (Lipinski definition) is 0. The van der Waals surface area contributed by atoms with Crippen LogP contribution in [0.25, 0.3) is 0 Å². The number of aromatic nitrogens is 1. The fourth-order valence-corrected chi connectivity index (χ4v) is 1.35. The Morgan fingerprint density at radius 2 is 1.86 bits per heavy atom. The van der Waals surface area contributed by atoms with Gasteiger partial charge in [0.25, 0.3) is 0 Å². The summed E-state index contributed by atoms with van der Waals surface area (Å²) in [5.74, 6) is 0. The normalized spacial score (nSPS) is 10.8. The van der Waals surface area contributed by atoms with Gasteiger partial charge < -0.3 is 9.47 Å². The topological polar surface area (TPSA) is 31.4 Å². The van der Waals surface area contributed by atoms with Crippen LogP contribution in [0.3, 0.4) is 0 Å². The fourth-order valence-electron chi connectivity index (χ4n) is 1.35. The second-order valence-electron chi connectivity index (χ2n) is 3.15. The largest absolute Gasteiger partial charge is 0.356 e. The first kappa shape index (κ1) is 11.1. The summed E-state index contributed by atoms with van der Waals surface area (Å²) in [6.07, 6.45) is 6.60. The van der Waals surface area contributed by atoms with Crippen molar-refractivity contribution in [3.63, 3.8) is 0 Å². The Balaban J connectivity index is 2.21. The van der Waals surface area contributed by atoms with E-state index in [1.165, 1.54) is 5.56 Å². The molecule has 0 aliphatic rings. The minimum absolute atomic E-state index is 0.0724. The molecule has 78 valence electrons. The molecule has 14 heavy (non-hydrogen) atoms. The molecule has 1 aromatic rings. The minimum Gasteiger partial charge on any atom is -0.356 e. The van der Waals surface area contributed by atoms with Gasteiger partial charge in [-0.1, -0.05) is 0 Å². The second kappa shape index (κ2) is 6.51. The van der Waals surface area contributed by atoms with Crippen LogP contribution in [-0.4, -0.2) is 25.5 Å². The van der Waals surface area contributed by atoms with Gasteiger partial charge in [-0.05, 0) is 37.0 Å². The lowest BCUT2D eigenvalue weighted by atomic mass is 10.1. The molecule has 0 saturated heterocycles. The molecule has 0 bridgehead atoms. The van der Waals surface area contributed by atoms with E-state index < -0.39 is 0 Å². The molecule has 0 aliphatic heterocycles. The first-order valence-electron chi connectivity index (χ1n) is 4.81. The monoisotopic (exact) mass is 195 g/mol. The van der Waals surface area contributed by atoms with Crippen LogP contribution in [-0.2, 0) is 15.9 Å². The van der Waals surface area contributed by atoms with Gasteiger partial charge >= 0.3 is 0 Å². The maximum absolute atomic E-state index is 5.10. The molecule has 1 heterocycles. The average molecular weight is 195 g/mol. The molecule has 0 spiro atoms. The maximum Gasteiger partial charge on any atom is 0.156 e. The van der Waals surface area contributed by atoms with E-state index in [9.17, 15) is 0 Å².